The van der Waals surface area contributed by atoms with Crippen molar-refractivity contribution < 1.29 is 17.7 Å². The lowest BCUT2D eigenvalue weighted by Gasteiger charge is -2.25. The molecular weight excluding hydrogens is 457 g/mol. The first-order chi connectivity index (χ1) is 14.9. The molecule has 0 fully saturated rings. The van der Waals surface area contributed by atoms with Gasteiger partial charge in [-0.25, -0.2) is 0 Å². The third kappa shape index (κ3) is 16.8. The lowest BCUT2D eigenvalue weighted by molar-refractivity contribution is 0.248. The minimum absolute atomic E-state index is 0.183. The molecule has 0 unspecified atom stereocenters. The van der Waals surface area contributed by atoms with E-state index in [0.29, 0.717) is 5.79 Å². The van der Waals surface area contributed by atoms with Crippen LogP contribution in [0.5, 0.6) is 0 Å². The predicted molar refractivity (Wildman–Crippen MR) is 146 cm³/mol. The Hall–Kier alpha value is 0.628. The maximum absolute atomic E-state index is 5.62. The van der Waals surface area contributed by atoms with Gasteiger partial charge in [-0.15, -0.1) is 0 Å². The van der Waals surface area contributed by atoms with E-state index >= 15 is 0 Å². The van der Waals surface area contributed by atoms with Crippen molar-refractivity contribution in [3.63, 3.8) is 0 Å². The Morgan fingerprint density at radius 1 is 0.677 bits per heavy atom. The fourth-order valence-electron chi connectivity index (χ4n) is 3.71. The summed E-state index contributed by atoms with van der Waals surface area (Å²) in [4.78, 5) is 0. The summed E-state index contributed by atoms with van der Waals surface area (Å²) in [5.41, 5.74) is 0. The van der Waals surface area contributed by atoms with Crippen molar-refractivity contribution in [3.05, 3.63) is 0 Å². The van der Waals surface area contributed by atoms with Crippen LogP contribution in [-0.2, 0) is 17.7 Å². The van der Waals surface area contributed by atoms with E-state index < -0.39 is 17.1 Å². The third-order valence-electron chi connectivity index (χ3n) is 6.47. The largest absolute Gasteiger partial charge is 0.398 e. The Balaban J connectivity index is 4.25. The molecule has 6 nitrogen and oxygen atoms in total. The van der Waals surface area contributed by atoms with Gasteiger partial charge in [0.2, 0.25) is 0 Å². The number of unbranched alkanes of at least 4 members (excludes halogenated alkanes) is 5. The second-order valence-corrected chi connectivity index (χ2v) is 19.3. The van der Waals surface area contributed by atoms with E-state index in [0.717, 1.165) is 38.0 Å². The number of hydrogen-bond acceptors (Lipinski definition) is 6. The molecule has 0 aliphatic heterocycles. The van der Waals surface area contributed by atoms with E-state index in [2.05, 4.69) is 23.7 Å². The molecule has 0 saturated carbocycles. The second kappa shape index (κ2) is 20.0. The van der Waals surface area contributed by atoms with Gasteiger partial charge in [0, 0.05) is 44.5 Å². The first-order valence-corrected chi connectivity index (χ1v) is 20.8. The molecule has 0 aromatic heterocycles. The Morgan fingerprint density at radius 2 is 1.10 bits per heavy atom. The van der Waals surface area contributed by atoms with Gasteiger partial charge >= 0.3 is 17.1 Å². The molecule has 0 bridgehead atoms. The van der Waals surface area contributed by atoms with Gasteiger partial charge in [0.15, 0.2) is 0 Å². The monoisotopic (exact) mass is 510 g/mol. The fraction of sp³-hybridized carbons (Fsp3) is 1.00. The fourth-order valence-corrected chi connectivity index (χ4v) is 8.86. The van der Waals surface area contributed by atoms with Gasteiger partial charge < -0.3 is 28.3 Å². The Labute approximate surface area is 201 Å². The SMILES string of the molecule is CO[Si](C)(CCCNC(NCCC[Si](C)(OC)OC)[SiH2]CCCCCCCC[SiH3])OC. The molecule has 2 N–H and O–H groups in total. The standard InChI is InChI=1S/C21H54N2O4Si4/c1-24-30(5,25-2)19-13-15-22-21(23-16-14-20-31(6,26-3)27-4)29-18-12-10-8-7-9-11-17-28/h21-23H,7-20,29H2,1-6,28H3. The van der Waals surface area contributed by atoms with E-state index in [1.54, 1.807) is 28.4 Å². The zero-order valence-corrected chi connectivity index (χ0v) is 27.2. The normalized spacial score (nSPS) is 13.3. The molecule has 0 atom stereocenters. The lowest BCUT2D eigenvalue weighted by atomic mass is 10.1. The van der Waals surface area contributed by atoms with E-state index in [1.165, 1.54) is 60.9 Å². The number of rotatable bonds is 23. The summed E-state index contributed by atoms with van der Waals surface area (Å²) in [6.07, 6.45) is 10.8. The Morgan fingerprint density at radius 3 is 1.52 bits per heavy atom. The van der Waals surface area contributed by atoms with Gasteiger partial charge in [-0.1, -0.05) is 50.6 Å². The highest BCUT2D eigenvalue weighted by Gasteiger charge is 2.28. The van der Waals surface area contributed by atoms with Crippen molar-refractivity contribution in [3.8, 4) is 0 Å². The molecule has 31 heavy (non-hydrogen) atoms. The summed E-state index contributed by atoms with van der Waals surface area (Å²) < 4.78 is 22.5. The van der Waals surface area contributed by atoms with Crippen LogP contribution in [0.2, 0.25) is 37.3 Å². The van der Waals surface area contributed by atoms with Gasteiger partial charge in [-0.3, -0.25) is 0 Å². The lowest BCUT2D eigenvalue weighted by Crippen LogP contribution is -2.48. The molecule has 0 aliphatic rings. The molecule has 0 aromatic carbocycles. The maximum atomic E-state index is 5.62. The van der Waals surface area contributed by atoms with Crippen LogP contribution in [0.25, 0.3) is 0 Å². The van der Waals surface area contributed by atoms with Gasteiger partial charge in [0.05, 0.1) is 9.52 Å². The minimum Gasteiger partial charge on any atom is -0.398 e. The smallest absolute Gasteiger partial charge is 0.334 e. The average Bonchev–Trinajstić information content (AvgIpc) is 2.80. The van der Waals surface area contributed by atoms with Crippen molar-refractivity contribution in [2.24, 2.45) is 0 Å². The summed E-state index contributed by atoms with van der Waals surface area (Å²) in [6, 6.07) is 4.97. The summed E-state index contributed by atoms with van der Waals surface area (Å²) in [7, 11) is 4.40. The molecule has 0 rings (SSSR count). The average molecular weight is 511 g/mol. The summed E-state index contributed by atoms with van der Waals surface area (Å²) in [5.74, 6) is 0.515. The molecule has 0 heterocycles. The van der Waals surface area contributed by atoms with E-state index in [-0.39, 0.29) is 9.52 Å². The highest BCUT2D eigenvalue weighted by atomic mass is 28.4. The molecule has 0 aromatic rings. The van der Waals surface area contributed by atoms with E-state index in [9.17, 15) is 0 Å². The third-order valence-corrected chi connectivity index (χ3v) is 15.2. The van der Waals surface area contributed by atoms with E-state index in [4.69, 9.17) is 17.7 Å². The molecule has 188 valence electrons. The quantitative estimate of drug-likeness (QED) is 0.125. The zero-order chi connectivity index (χ0) is 23.4. The van der Waals surface area contributed by atoms with Crippen LogP contribution in [0.3, 0.4) is 0 Å². The van der Waals surface area contributed by atoms with E-state index in [1.807, 2.05) is 0 Å². The van der Waals surface area contributed by atoms with Crippen LogP contribution >= 0.6 is 0 Å². The van der Waals surface area contributed by atoms with Crippen molar-refractivity contribution in [2.45, 2.75) is 94.4 Å². The van der Waals surface area contributed by atoms with Crippen molar-refractivity contribution in [1.82, 2.24) is 10.6 Å². The first-order valence-electron chi connectivity index (χ1n) is 12.6. The zero-order valence-electron chi connectivity index (χ0n) is 21.8. The first kappa shape index (κ1) is 31.6. The van der Waals surface area contributed by atoms with Crippen LogP contribution in [-0.4, -0.2) is 84.2 Å². The topological polar surface area (TPSA) is 61.0 Å². The van der Waals surface area contributed by atoms with Gasteiger partial charge in [0.25, 0.3) is 0 Å². The van der Waals surface area contributed by atoms with Crippen LogP contribution < -0.4 is 10.6 Å². The predicted octanol–water partition coefficient (Wildman–Crippen LogP) is 2.67. The molecule has 0 aliphatic carbocycles. The number of hydrogen-bond donors (Lipinski definition) is 2. The Kier molecular flexibility index (Phi) is 20.4. The van der Waals surface area contributed by atoms with Gasteiger partial charge in [-0.05, 0) is 51.1 Å². The highest BCUT2D eigenvalue weighted by molar-refractivity contribution is 6.66. The molecule has 0 radical (unpaired) electrons. The van der Waals surface area contributed by atoms with Crippen LogP contribution in [0, 0.1) is 0 Å². The van der Waals surface area contributed by atoms with Crippen molar-refractivity contribution in [1.29, 1.82) is 0 Å². The van der Waals surface area contributed by atoms with Crippen molar-refractivity contribution >= 4 is 36.9 Å². The summed E-state index contributed by atoms with van der Waals surface area (Å²) in [5, 5.41) is 7.60. The minimum atomic E-state index is -1.95. The maximum Gasteiger partial charge on any atom is 0.334 e. The summed E-state index contributed by atoms with van der Waals surface area (Å²) in [6.45, 7) is 6.35. The molecule has 0 saturated heterocycles. The number of nitrogens with one attached hydrogen (secondary N) is 2. The molecular formula is C21H54N2O4Si4. The molecule has 10 heteroatoms. The summed E-state index contributed by atoms with van der Waals surface area (Å²) >= 11 is 0. The highest BCUT2D eigenvalue weighted by Crippen LogP contribution is 2.14. The van der Waals surface area contributed by atoms with Crippen molar-refractivity contribution in [2.75, 3.05) is 41.5 Å². The van der Waals surface area contributed by atoms with Crippen LogP contribution in [0.15, 0.2) is 0 Å². The van der Waals surface area contributed by atoms with Crippen LogP contribution in [0.1, 0.15) is 51.4 Å². The molecule has 0 spiro atoms. The second-order valence-electron chi connectivity index (χ2n) is 9.02. The Bertz CT molecular complexity index is 378. The van der Waals surface area contributed by atoms with Crippen LogP contribution in [0.4, 0.5) is 0 Å². The molecule has 0 amide bonds. The van der Waals surface area contributed by atoms with Gasteiger partial charge in [0.1, 0.15) is 0 Å². The van der Waals surface area contributed by atoms with Gasteiger partial charge in [-0.2, -0.15) is 0 Å².